The van der Waals surface area contributed by atoms with Gasteiger partial charge in [0.2, 0.25) is 0 Å². The van der Waals surface area contributed by atoms with Gasteiger partial charge in [-0.3, -0.25) is 0 Å². The Kier molecular flexibility index (Phi) is 6.95. The average molecular weight is 259 g/mol. The number of thiol groups is 1. The maximum absolute atomic E-state index is 5.75. The van der Waals surface area contributed by atoms with Crippen LogP contribution >= 0.6 is 10.2 Å². The van der Waals surface area contributed by atoms with Crippen LogP contribution in [0.1, 0.15) is 34.1 Å². The Morgan fingerprint density at radius 1 is 0.857 bits per heavy atom. The summed E-state index contributed by atoms with van der Waals surface area (Å²) in [6, 6.07) is 0. The zero-order chi connectivity index (χ0) is 11.1. The Bertz CT molecular complexity index is 131. The maximum atomic E-state index is 5.75. The van der Waals surface area contributed by atoms with Crippen molar-refractivity contribution in [2.24, 2.45) is 0 Å². The van der Waals surface area contributed by atoms with E-state index in [0.29, 0.717) is 19.8 Å². The predicted octanol–water partition coefficient (Wildman–Crippen LogP) is 3.20. The predicted molar refractivity (Wildman–Crippen MR) is 59.0 cm³/mol. The number of hydrogen-bond acceptors (Lipinski definition) is 4. The fourth-order valence-electron chi connectivity index (χ4n) is 1.61. The third-order valence-electron chi connectivity index (χ3n) is 1.95. The second-order valence-corrected chi connectivity index (χ2v) is 12.3. The van der Waals surface area contributed by atoms with Crippen molar-refractivity contribution in [3.05, 3.63) is 0 Å². The first-order valence-electron chi connectivity index (χ1n) is 5.38. The Morgan fingerprint density at radius 2 is 1.21 bits per heavy atom. The molecule has 0 N–H and O–H groups in total. The van der Waals surface area contributed by atoms with Crippen LogP contribution in [0.5, 0.6) is 0 Å². The van der Waals surface area contributed by atoms with Crippen LogP contribution in [0.4, 0.5) is 0 Å². The molecule has 0 aromatic heterocycles. The molecule has 0 aliphatic carbocycles. The van der Waals surface area contributed by atoms with Gasteiger partial charge in [-0.25, -0.2) is 0 Å². The summed E-state index contributed by atoms with van der Waals surface area (Å²) in [5.74, 6) is 0. The first-order chi connectivity index (χ1) is 6.54. The van der Waals surface area contributed by atoms with Gasteiger partial charge in [-0.1, -0.05) is 0 Å². The van der Waals surface area contributed by atoms with Crippen LogP contribution in [0.3, 0.4) is 0 Å². The zero-order valence-electron chi connectivity index (χ0n) is 9.71. The molecular weight excluding hydrogens is 236 g/mol. The average Bonchev–Trinajstić information content (AvgIpc) is 2.05. The minimum atomic E-state index is -3.79. The van der Waals surface area contributed by atoms with Gasteiger partial charge in [-0.2, -0.15) is 0 Å². The van der Waals surface area contributed by atoms with Crippen molar-refractivity contribution in [3.63, 3.8) is 0 Å². The quantitative estimate of drug-likeness (QED) is 0.536. The van der Waals surface area contributed by atoms with Gasteiger partial charge in [0, 0.05) is 0 Å². The minimum absolute atomic E-state index is 0.598. The van der Waals surface area contributed by atoms with Crippen LogP contribution < -0.4 is 0 Å². The van der Waals surface area contributed by atoms with E-state index < -0.39 is 15.2 Å². The van der Waals surface area contributed by atoms with Crippen LogP contribution in [0.15, 0.2) is 0 Å². The SMILES string of the molecule is CC[CH2][Ti]([SH])([O]CC)([O]CC)[O]CC. The molecule has 0 atom stereocenters. The van der Waals surface area contributed by atoms with Crippen molar-refractivity contribution in [1.82, 2.24) is 0 Å². The van der Waals surface area contributed by atoms with Gasteiger partial charge in [0.1, 0.15) is 0 Å². The zero-order valence-corrected chi connectivity index (χ0v) is 12.2. The molecule has 0 aliphatic heterocycles. The Balaban J connectivity index is 4.69. The van der Waals surface area contributed by atoms with Crippen molar-refractivity contribution in [1.29, 1.82) is 0 Å². The van der Waals surface area contributed by atoms with Gasteiger partial charge in [0.25, 0.3) is 0 Å². The third-order valence-corrected chi connectivity index (χ3v) is 10.6. The van der Waals surface area contributed by atoms with Gasteiger partial charge in [-0.15, -0.1) is 0 Å². The van der Waals surface area contributed by atoms with Gasteiger partial charge in [0.15, 0.2) is 0 Å². The molecule has 0 aromatic carbocycles. The van der Waals surface area contributed by atoms with E-state index in [1.54, 1.807) is 0 Å². The van der Waals surface area contributed by atoms with Gasteiger partial charge >= 0.3 is 94.0 Å². The second-order valence-electron chi connectivity index (χ2n) is 3.16. The normalized spacial score (nSPS) is 15.1. The molecule has 0 radical (unpaired) electrons. The molecule has 5 heteroatoms. The summed E-state index contributed by atoms with van der Waals surface area (Å²) in [6.45, 7) is 9.74. The van der Waals surface area contributed by atoms with Crippen LogP contribution in [-0.4, -0.2) is 19.8 Å². The van der Waals surface area contributed by atoms with Gasteiger partial charge in [0.05, 0.1) is 0 Å². The molecule has 0 aliphatic rings. The van der Waals surface area contributed by atoms with Crippen molar-refractivity contribution < 1.29 is 25.1 Å². The summed E-state index contributed by atoms with van der Waals surface area (Å²) in [5, 5.41) is 0. The molecule has 3 nitrogen and oxygen atoms in total. The van der Waals surface area contributed by atoms with Crippen molar-refractivity contribution in [2.75, 3.05) is 19.8 Å². The fourth-order valence-corrected chi connectivity index (χ4v) is 9.17. The Hall–Kier alpha value is 0.944. The molecule has 0 aromatic rings. The summed E-state index contributed by atoms with van der Waals surface area (Å²) in [6.07, 6.45) is 0.973. The Morgan fingerprint density at radius 3 is 1.43 bits per heavy atom. The third kappa shape index (κ3) is 4.21. The van der Waals surface area contributed by atoms with E-state index >= 15 is 0 Å². The summed E-state index contributed by atoms with van der Waals surface area (Å²) in [5.41, 5.74) is 0. The summed E-state index contributed by atoms with van der Waals surface area (Å²) >= 11 is -3.79. The fraction of sp³-hybridized carbons (Fsp3) is 1.00. The van der Waals surface area contributed by atoms with Crippen molar-refractivity contribution in [2.45, 2.75) is 38.8 Å². The Labute approximate surface area is 93.9 Å². The topological polar surface area (TPSA) is 27.7 Å². The molecular formula is C9H23O3STi. The van der Waals surface area contributed by atoms with E-state index in [2.05, 4.69) is 17.1 Å². The molecule has 0 spiro atoms. The summed E-state index contributed by atoms with van der Waals surface area (Å²) in [4.78, 5) is 0. The first-order valence-corrected chi connectivity index (χ1v) is 10.9. The molecule has 0 heterocycles. The summed E-state index contributed by atoms with van der Waals surface area (Å²) < 4.78 is 18.1. The standard InChI is InChI=1S/C3H7.3C2H5O.H2S.Ti/c1-3-2;3*1-2-3;;/h1,3H2,2H3;3*2H2,1H3;1H2;/q;3*-1;;+4/p-1. The van der Waals surface area contributed by atoms with Gasteiger partial charge < -0.3 is 0 Å². The first kappa shape index (κ1) is 14.9. The van der Waals surface area contributed by atoms with E-state index in [4.69, 9.17) is 9.96 Å². The molecule has 87 valence electrons. The molecule has 0 saturated heterocycles. The van der Waals surface area contributed by atoms with E-state index in [1.807, 2.05) is 20.8 Å². The second kappa shape index (κ2) is 6.51. The van der Waals surface area contributed by atoms with Gasteiger partial charge in [-0.05, 0) is 0 Å². The molecule has 14 heavy (non-hydrogen) atoms. The molecule has 0 unspecified atom stereocenters. The number of hydrogen-bond donors (Lipinski definition) is 1. The molecule has 0 saturated carbocycles. The van der Waals surface area contributed by atoms with Crippen LogP contribution in [-0.2, 0) is 25.1 Å². The van der Waals surface area contributed by atoms with E-state index in [0.717, 1.165) is 11.1 Å². The van der Waals surface area contributed by atoms with Crippen LogP contribution in [0.2, 0.25) is 4.73 Å². The molecule has 0 fully saturated rings. The van der Waals surface area contributed by atoms with E-state index in [-0.39, 0.29) is 0 Å². The summed E-state index contributed by atoms with van der Waals surface area (Å²) in [7, 11) is 4.65. The van der Waals surface area contributed by atoms with E-state index in [1.165, 1.54) is 0 Å². The van der Waals surface area contributed by atoms with Crippen molar-refractivity contribution in [3.8, 4) is 0 Å². The molecule has 0 amide bonds. The van der Waals surface area contributed by atoms with E-state index in [9.17, 15) is 0 Å². The van der Waals surface area contributed by atoms with Crippen molar-refractivity contribution >= 4 is 10.2 Å². The monoisotopic (exact) mass is 259 g/mol. The molecule has 0 bridgehead atoms. The molecule has 0 rings (SSSR count). The van der Waals surface area contributed by atoms with Crippen LogP contribution in [0.25, 0.3) is 0 Å². The van der Waals surface area contributed by atoms with Crippen LogP contribution in [0, 0.1) is 0 Å². The number of rotatable bonds is 8.